The van der Waals surface area contributed by atoms with Crippen LogP contribution in [0, 0.1) is 11.8 Å². The molecule has 1 saturated carbocycles. The highest BCUT2D eigenvalue weighted by Crippen LogP contribution is 2.45. The maximum absolute atomic E-state index is 2.38. The van der Waals surface area contributed by atoms with Crippen LogP contribution in [0.15, 0.2) is 0 Å². The Bertz CT molecular complexity index is 151. The Balaban J connectivity index is 1.75. The monoisotopic (exact) mass is 140 g/mol. The molecule has 0 aromatic carbocycles. The van der Waals surface area contributed by atoms with Gasteiger partial charge in [0.2, 0.25) is 0 Å². The van der Waals surface area contributed by atoms with Crippen molar-refractivity contribution in [2.75, 3.05) is 20.6 Å². The average Bonchev–Trinajstić information content (AvgIpc) is 2.57. The second-order valence-corrected chi connectivity index (χ2v) is 4.82. The van der Waals surface area contributed by atoms with Crippen LogP contribution in [0.5, 0.6) is 0 Å². The number of likely N-dealkylation sites (N-methyl/N-ethyl adjacent to an activating group) is 1. The summed E-state index contributed by atoms with van der Waals surface area (Å²) in [7, 11) is 4.69. The highest BCUT2D eigenvalue weighted by atomic mass is 15.5. The summed E-state index contributed by atoms with van der Waals surface area (Å²) in [4.78, 5) is 0. The molecule has 0 spiro atoms. The molecule has 1 heterocycles. The SMILES string of the molecule is CC1CC1CC1C[N+]1(C)C. The normalized spacial score (nSPS) is 48.9. The Morgan fingerprint density at radius 2 is 1.90 bits per heavy atom. The van der Waals surface area contributed by atoms with E-state index < -0.39 is 0 Å². The lowest BCUT2D eigenvalue weighted by molar-refractivity contribution is -0.769. The topological polar surface area (TPSA) is 0 Å². The lowest BCUT2D eigenvalue weighted by Crippen LogP contribution is -2.16. The van der Waals surface area contributed by atoms with Crippen molar-refractivity contribution >= 4 is 0 Å². The molecule has 10 heavy (non-hydrogen) atoms. The molecule has 1 nitrogen and oxygen atoms in total. The van der Waals surface area contributed by atoms with Crippen LogP contribution in [-0.4, -0.2) is 31.2 Å². The van der Waals surface area contributed by atoms with Gasteiger partial charge >= 0.3 is 0 Å². The smallest absolute Gasteiger partial charge is 0.139 e. The summed E-state index contributed by atoms with van der Waals surface area (Å²) < 4.78 is 1.29. The minimum atomic E-state index is 1.02. The molecule has 1 heteroatoms. The fourth-order valence-corrected chi connectivity index (χ4v) is 1.93. The van der Waals surface area contributed by atoms with Gasteiger partial charge in [-0.05, 0) is 18.3 Å². The van der Waals surface area contributed by atoms with E-state index >= 15 is 0 Å². The molecule has 0 amide bonds. The predicted molar refractivity (Wildman–Crippen MR) is 42.7 cm³/mol. The molecule has 0 radical (unpaired) electrons. The number of nitrogens with zero attached hydrogens (tertiary/aromatic N) is 1. The average molecular weight is 140 g/mol. The molecule has 2 aliphatic rings. The molecule has 3 unspecified atom stereocenters. The molecule has 2 fully saturated rings. The van der Waals surface area contributed by atoms with Gasteiger partial charge in [0.15, 0.2) is 0 Å². The molecule has 1 aliphatic heterocycles. The zero-order valence-electron chi connectivity index (χ0n) is 7.30. The summed E-state index contributed by atoms with van der Waals surface area (Å²) in [6, 6.07) is 1.02. The molecule has 2 rings (SSSR count). The van der Waals surface area contributed by atoms with E-state index in [1.807, 2.05) is 0 Å². The van der Waals surface area contributed by atoms with Gasteiger partial charge in [0.25, 0.3) is 0 Å². The van der Waals surface area contributed by atoms with Crippen LogP contribution in [0.3, 0.4) is 0 Å². The van der Waals surface area contributed by atoms with Crippen molar-refractivity contribution in [3.8, 4) is 0 Å². The van der Waals surface area contributed by atoms with Crippen LogP contribution in [0.1, 0.15) is 19.8 Å². The third-order valence-electron chi connectivity index (χ3n) is 3.39. The lowest BCUT2D eigenvalue weighted by Gasteiger charge is -2.04. The van der Waals surface area contributed by atoms with E-state index in [1.165, 1.54) is 23.9 Å². The second-order valence-electron chi connectivity index (χ2n) is 4.82. The second kappa shape index (κ2) is 1.76. The number of rotatable bonds is 2. The maximum atomic E-state index is 2.38. The molecule has 1 aliphatic carbocycles. The van der Waals surface area contributed by atoms with Crippen LogP contribution in [-0.2, 0) is 0 Å². The quantitative estimate of drug-likeness (QED) is 0.403. The third-order valence-corrected chi connectivity index (χ3v) is 3.39. The summed E-state index contributed by atoms with van der Waals surface area (Å²) in [5.74, 6) is 2.16. The maximum Gasteiger partial charge on any atom is 0.139 e. The highest BCUT2D eigenvalue weighted by molar-refractivity contribution is 4.87. The number of quaternary nitrogens is 1. The first-order chi connectivity index (χ1) is 4.59. The summed E-state index contributed by atoms with van der Waals surface area (Å²) >= 11 is 0. The van der Waals surface area contributed by atoms with E-state index in [0.29, 0.717) is 0 Å². The summed E-state index contributed by atoms with van der Waals surface area (Å²) in [6.07, 6.45) is 3.02. The van der Waals surface area contributed by atoms with Gasteiger partial charge in [0.1, 0.15) is 12.6 Å². The van der Waals surface area contributed by atoms with Gasteiger partial charge in [-0.2, -0.15) is 0 Å². The predicted octanol–water partition coefficient (Wildman–Crippen LogP) is 1.49. The van der Waals surface area contributed by atoms with E-state index in [-0.39, 0.29) is 0 Å². The Labute approximate surface area is 63.6 Å². The minimum absolute atomic E-state index is 1.02. The zero-order chi connectivity index (χ0) is 7.35. The molecule has 0 aromatic heterocycles. The first-order valence-electron chi connectivity index (χ1n) is 4.42. The third kappa shape index (κ3) is 1.07. The van der Waals surface area contributed by atoms with Crippen molar-refractivity contribution in [1.29, 1.82) is 0 Å². The molecule has 0 bridgehead atoms. The van der Waals surface area contributed by atoms with Gasteiger partial charge in [-0.1, -0.05) is 6.92 Å². The fourth-order valence-electron chi connectivity index (χ4n) is 1.93. The largest absolute Gasteiger partial charge is 0.316 e. The number of hydrogen-bond acceptors (Lipinski definition) is 0. The van der Waals surface area contributed by atoms with Crippen molar-refractivity contribution in [1.82, 2.24) is 0 Å². The Morgan fingerprint density at radius 3 is 2.20 bits per heavy atom. The first kappa shape index (κ1) is 6.66. The Kier molecular flexibility index (Phi) is 1.17. The van der Waals surface area contributed by atoms with E-state index in [9.17, 15) is 0 Å². The van der Waals surface area contributed by atoms with Crippen LogP contribution in [0.4, 0.5) is 0 Å². The first-order valence-corrected chi connectivity index (χ1v) is 4.42. The van der Waals surface area contributed by atoms with Crippen LogP contribution in [0.25, 0.3) is 0 Å². The molecule has 1 saturated heterocycles. The molecular weight excluding hydrogens is 122 g/mol. The van der Waals surface area contributed by atoms with Crippen molar-refractivity contribution in [2.45, 2.75) is 25.8 Å². The van der Waals surface area contributed by atoms with Gasteiger partial charge in [-0.3, -0.25) is 0 Å². The van der Waals surface area contributed by atoms with Crippen LogP contribution >= 0.6 is 0 Å². The molecule has 3 atom stereocenters. The molecular formula is C9H18N+. The Hall–Kier alpha value is -0.0400. The molecule has 0 N–H and O–H groups in total. The Morgan fingerprint density at radius 1 is 1.40 bits per heavy atom. The van der Waals surface area contributed by atoms with E-state index in [4.69, 9.17) is 0 Å². The van der Waals surface area contributed by atoms with E-state index in [0.717, 1.165) is 17.9 Å². The van der Waals surface area contributed by atoms with Gasteiger partial charge in [-0.25, -0.2) is 0 Å². The van der Waals surface area contributed by atoms with Gasteiger partial charge in [0.05, 0.1) is 14.1 Å². The molecule has 0 aromatic rings. The van der Waals surface area contributed by atoms with Gasteiger partial charge < -0.3 is 4.48 Å². The lowest BCUT2D eigenvalue weighted by atomic mass is 10.2. The fraction of sp³-hybridized carbons (Fsp3) is 1.00. The van der Waals surface area contributed by atoms with Crippen molar-refractivity contribution in [3.63, 3.8) is 0 Å². The van der Waals surface area contributed by atoms with E-state index in [2.05, 4.69) is 21.0 Å². The van der Waals surface area contributed by atoms with Crippen molar-refractivity contribution in [2.24, 2.45) is 11.8 Å². The summed E-state index contributed by atoms with van der Waals surface area (Å²) in [5.41, 5.74) is 0. The van der Waals surface area contributed by atoms with Crippen molar-refractivity contribution < 1.29 is 4.48 Å². The van der Waals surface area contributed by atoms with Crippen LogP contribution < -0.4 is 0 Å². The summed E-state index contributed by atoms with van der Waals surface area (Å²) in [5, 5.41) is 0. The van der Waals surface area contributed by atoms with Gasteiger partial charge in [-0.15, -0.1) is 0 Å². The minimum Gasteiger partial charge on any atom is -0.316 e. The van der Waals surface area contributed by atoms with Gasteiger partial charge in [0, 0.05) is 6.42 Å². The van der Waals surface area contributed by atoms with Crippen LogP contribution in [0.2, 0.25) is 0 Å². The van der Waals surface area contributed by atoms with E-state index in [1.54, 1.807) is 0 Å². The number of hydrogen-bond donors (Lipinski definition) is 0. The standard InChI is InChI=1S/C9H18N/c1-7-4-8(7)5-9-6-10(9,2)3/h7-9H,4-6H2,1-3H3/q+1. The molecule has 58 valence electrons. The zero-order valence-corrected chi connectivity index (χ0v) is 7.30. The highest BCUT2D eigenvalue weighted by Gasteiger charge is 2.51. The summed E-state index contributed by atoms with van der Waals surface area (Å²) in [6.45, 7) is 3.82. The van der Waals surface area contributed by atoms with Crippen molar-refractivity contribution in [3.05, 3.63) is 0 Å².